The molecule has 1 aromatic rings. The lowest BCUT2D eigenvalue weighted by Crippen LogP contribution is -2.50. The van der Waals surface area contributed by atoms with Gasteiger partial charge >= 0.3 is 0 Å². The molecule has 3 aliphatic rings. The molecule has 0 unspecified atom stereocenters. The largest absolute Gasteiger partial charge is 0.378 e. The molecule has 1 atom stereocenters. The number of likely N-dealkylation sites (N-methyl/N-ethyl adjacent to an activating group) is 1. The molecular formula is C18H23N3O5S. The van der Waals surface area contributed by atoms with Crippen molar-refractivity contribution in [1.29, 1.82) is 0 Å². The first-order valence-corrected chi connectivity index (χ1v) is 10.6. The average molecular weight is 393 g/mol. The van der Waals surface area contributed by atoms with Gasteiger partial charge in [-0.25, -0.2) is 8.42 Å². The molecule has 27 heavy (non-hydrogen) atoms. The zero-order chi connectivity index (χ0) is 19.2. The highest BCUT2D eigenvalue weighted by Gasteiger charge is 2.41. The van der Waals surface area contributed by atoms with Crippen molar-refractivity contribution in [2.75, 3.05) is 44.8 Å². The lowest BCUT2D eigenvalue weighted by Gasteiger charge is -2.32. The second kappa shape index (κ2) is 6.88. The number of carbonyl (C=O) groups is 2. The Morgan fingerprint density at radius 3 is 2.67 bits per heavy atom. The average Bonchev–Trinajstić information content (AvgIpc) is 3.27. The lowest BCUT2D eigenvalue weighted by atomic mass is 10.2. The van der Waals surface area contributed by atoms with Gasteiger partial charge in [-0.05, 0) is 36.6 Å². The fourth-order valence-electron chi connectivity index (χ4n) is 4.01. The van der Waals surface area contributed by atoms with E-state index in [2.05, 4.69) is 0 Å². The van der Waals surface area contributed by atoms with Crippen molar-refractivity contribution < 1.29 is 22.7 Å². The molecule has 0 aromatic heterocycles. The summed E-state index contributed by atoms with van der Waals surface area (Å²) in [6.45, 7) is 2.29. The number of hydrogen-bond acceptors (Lipinski definition) is 5. The fourth-order valence-corrected chi connectivity index (χ4v) is 5.71. The number of benzene rings is 1. The van der Waals surface area contributed by atoms with Gasteiger partial charge in [-0.3, -0.25) is 9.59 Å². The van der Waals surface area contributed by atoms with Crippen LogP contribution in [0.1, 0.15) is 18.4 Å². The van der Waals surface area contributed by atoms with Crippen LogP contribution in [0.3, 0.4) is 0 Å². The maximum absolute atomic E-state index is 13.2. The van der Waals surface area contributed by atoms with Crippen LogP contribution >= 0.6 is 0 Å². The number of nitrogens with zero attached hydrogens (tertiary/aromatic N) is 3. The molecule has 0 bridgehead atoms. The molecule has 0 N–H and O–H groups in total. The summed E-state index contributed by atoms with van der Waals surface area (Å²) in [5.41, 5.74) is 1.44. The molecule has 146 valence electrons. The van der Waals surface area contributed by atoms with E-state index < -0.39 is 16.1 Å². The van der Waals surface area contributed by atoms with Crippen molar-refractivity contribution in [3.63, 3.8) is 0 Å². The SMILES string of the molecule is CN1C(=O)Cc2cc(S(=O)(=O)N3CCC[C@@H]3C(=O)N3CCOCC3)ccc21. The van der Waals surface area contributed by atoms with Gasteiger partial charge in [0.15, 0.2) is 0 Å². The topological polar surface area (TPSA) is 87.2 Å². The molecule has 0 spiro atoms. The lowest BCUT2D eigenvalue weighted by molar-refractivity contribution is -0.138. The summed E-state index contributed by atoms with van der Waals surface area (Å²) in [7, 11) is -2.12. The summed E-state index contributed by atoms with van der Waals surface area (Å²) in [6, 6.07) is 4.10. The maximum atomic E-state index is 13.2. The van der Waals surface area contributed by atoms with Crippen molar-refractivity contribution >= 4 is 27.5 Å². The molecule has 2 fully saturated rings. The van der Waals surface area contributed by atoms with Crippen molar-refractivity contribution in [3.05, 3.63) is 23.8 Å². The summed E-state index contributed by atoms with van der Waals surface area (Å²) >= 11 is 0. The number of morpholine rings is 1. The standard InChI is InChI=1S/C18H23N3O5S/c1-19-15-5-4-14(11-13(15)12-17(19)22)27(24,25)21-6-2-3-16(21)18(23)20-7-9-26-10-8-20/h4-5,11,16H,2-3,6-10,12H2,1H3/t16-/m1/s1. The highest BCUT2D eigenvalue weighted by Crippen LogP contribution is 2.33. The van der Waals surface area contributed by atoms with Crippen molar-refractivity contribution in [1.82, 2.24) is 9.21 Å². The molecule has 3 aliphatic heterocycles. The molecule has 2 saturated heterocycles. The molecule has 2 amide bonds. The maximum Gasteiger partial charge on any atom is 0.243 e. The zero-order valence-corrected chi connectivity index (χ0v) is 16.1. The van der Waals surface area contributed by atoms with Gasteiger partial charge < -0.3 is 14.5 Å². The van der Waals surface area contributed by atoms with E-state index in [0.717, 1.165) is 5.69 Å². The predicted molar refractivity (Wildman–Crippen MR) is 97.9 cm³/mol. The summed E-state index contributed by atoms with van der Waals surface area (Å²) in [4.78, 5) is 28.1. The first-order valence-electron chi connectivity index (χ1n) is 9.17. The molecule has 3 heterocycles. The molecule has 9 heteroatoms. The molecule has 4 rings (SSSR count). The van der Waals surface area contributed by atoms with E-state index in [9.17, 15) is 18.0 Å². The second-order valence-corrected chi connectivity index (χ2v) is 9.02. The van der Waals surface area contributed by atoms with Gasteiger partial charge in [0.2, 0.25) is 21.8 Å². The molecule has 8 nitrogen and oxygen atoms in total. The van der Waals surface area contributed by atoms with Crippen molar-refractivity contribution in [2.24, 2.45) is 0 Å². The Hall–Kier alpha value is -1.97. The molecule has 1 aromatic carbocycles. The van der Waals surface area contributed by atoms with Crippen LogP contribution in [0.2, 0.25) is 0 Å². The number of sulfonamides is 1. The smallest absolute Gasteiger partial charge is 0.243 e. The van der Waals surface area contributed by atoms with E-state index in [4.69, 9.17) is 4.74 Å². The van der Waals surface area contributed by atoms with E-state index >= 15 is 0 Å². The minimum Gasteiger partial charge on any atom is -0.378 e. The third-order valence-corrected chi connectivity index (χ3v) is 7.45. The van der Waals surface area contributed by atoms with Gasteiger partial charge in [-0.2, -0.15) is 4.31 Å². The van der Waals surface area contributed by atoms with Gasteiger partial charge in [0.1, 0.15) is 6.04 Å². The van der Waals surface area contributed by atoms with Crippen LogP contribution < -0.4 is 4.90 Å². The number of rotatable bonds is 3. The number of ether oxygens (including phenoxy) is 1. The van der Waals surface area contributed by atoms with Gasteiger partial charge in [-0.1, -0.05) is 0 Å². The highest BCUT2D eigenvalue weighted by molar-refractivity contribution is 7.89. The predicted octanol–water partition coefficient (Wildman–Crippen LogP) is 0.217. The first kappa shape index (κ1) is 18.4. The Labute approximate surface area is 158 Å². The molecule has 0 radical (unpaired) electrons. The quantitative estimate of drug-likeness (QED) is 0.733. The number of carbonyl (C=O) groups excluding carboxylic acids is 2. The van der Waals surface area contributed by atoms with Crippen LogP contribution in [-0.4, -0.2) is 75.4 Å². The monoisotopic (exact) mass is 393 g/mol. The van der Waals surface area contributed by atoms with Gasteiger partial charge in [0.05, 0.1) is 24.5 Å². The third kappa shape index (κ3) is 3.13. The van der Waals surface area contributed by atoms with Gasteiger partial charge in [0, 0.05) is 32.4 Å². The van der Waals surface area contributed by atoms with Gasteiger partial charge in [-0.15, -0.1) is 0 Å². The minimum atomic E-state index is -3.80. The van der Waals surface area contributed by atoms with Crippen LogP contribution in [0.25, 0.3) is 0 Å². The van der Waals surface area contributed by atoms with E-state index in [1.807, 2.05) is 0 Å². The number of anilines is 1. The third-order valence-electron chi connectivity index (χ3n) is 5.55. The zero-order valence-electron chi connectivity index (χ0n) is 15.3. The second-order valence-electron chi connectivity index (χ2n) is 7.13. The Morgan fingerprint density at radius 2 is 1.93 bits per heavy atom. The minimum absolute atomic E-state index is 0.0545. The number of fused-ring (bicyclic) bond motifs is 1. The molecule has 0 aliphatic carbocycles. The van der Waals surface area contributed by atoms with Crippen LogP contribution in [-0.2, 0) is 30.8 Å². The van der Waals surface area contributed by atoms with E-state index in [1.165, 1.54) is 15.3 Å². The normalized spacial score (nSPS) is 23.7. The van der Waals surface area contributed by atoms with E-state index in [0.29, 0.717) is 51.3 Å². The number of amides is 2. The Kier molecular flexibility index (Phi) is 4.69. The van der Waals surface area contributed by atoms with Crippen LogP contribution in [0.15, 0.2) is 23.1 Å². The number of hydrogen-bond donors (Lipinski definition) is 0. The van der Waals surface area contributed by atoms with Crippen molar-refractivity contribution in [3.8, 4) is 0 Å². The van der Waals surface area contributed by atoms with Crippen LogP contribution in [0, 0.1) is 0 Å². The molecular weight excluding hydrogens is 370 g/mol. The molecule has 0 saturated carbocycles. The summed E-state index contributed by atoms with van der Waals surface area (Å²) in [5.74, 6) is -0.198. The summed E-state index contributed by atoms with van der Waals surface area (Å²) in [5, 5.41) is 0. The van der Waals surface area contributed by atoms with Crippen LogP contribution in [0.4, 0.5) is 5.69 Å². The fraction of sp³-hybridized carbons (Fsp3) is 0.556. The Bertz CT molecular complexity index is 879. The van der Waals surface area contributed by atoms with Crippen molar-refractivity contribution in [2.45, 2.75) is 30.2 Å². The van der Waals surface area contributed by atoms with Gasteiger partial charge in [0.25, 0.3) is 0 Å². The van der Waals surface area contributed by atoms with E-state index in [1.54, 1.807) is 24.1 Å². The first-order chi connectivity index (χ1) is 12.9. The summed E-state index contributed by atoms with van der Waals surface area (Å²) < 4.78 is 33.1. The Morgan fingerprint density at radius 1 is 1.19 bits per heavy atom. The summed E-state index contributed by atoms with van der Waals surface area (Å²) in [6.07, 6.45) is 1.39. The van der Waals surface area contributed by atoms with E-state index in [-0.39, 0.29) is 23.1 Å². The van der Waals surface area contributed by atoms with Crippen LogP contribution in [0.5, 0.6) is 0 Å². The highest BCUT2D eigenvalue weighted by atomic mass is 32.2. The Balaban J connectivity index is 1.60.